The van der Waals surface area contributed by atoms with Crippen molar-refractivity contribution in [2.45, 2.75) is 19.5 Å². The molecule has 38 heavy (non-hydrogen) atoms. The monoisotopic (exact) mass is 519 g/mol. The first-order valence-corrected chi connectivity index (χ1v) is 11.8. The van der Waals surface area contributed by atoms with Gasteiger partial charge < -0.3 is 10.2 Å². The van der Waals surface area contributed by atoms with E-state index in [1.807, 2.05) is 0 Å². The van der Waals surface area contributed by atoms with E-state index in [4.69, 9.17) is 0 Å². The van der Waals surface area contributed by atoms with Crippen LogP contribution in [0.1, 0.15) is 12.0 Å². The summed E-state index contributed by atoms with van der Waals surface area (Å²) >= 11 is 0. The van der Waals surface area contributed by atoms with Crippen molar-refractivity contribution in [2.75, 3.05) is 18.0 Å². The number of halogens is 1. The molecular weight excluding hydrogens is 497 g/mol. The molecular formula is C25H22FN7O5. The van der Waals surface area contributed by atoms with E-state index in [2.05, 4.69) is 15.4 Å². The predicted molar refractivity (Wildman–Crippen MR) is 134 cm³/mol. The van der Waals surface area contributed by atoms with Gasteiger partial charge in [-0.3, -0.25) is 29.1 Å². The lowest BCUT2D eigenvalue weighted by Crippen LogP contribution is -2.35. The second kappa shape index (κ2) is 10.2. The molecule has 0 spiro atoms. The van der Waals surface area contributed by atoms with Crippen molar-refractivity contribution in [2.24, 2.45) is 5.92 Å². The fraction of sp³-hybridized carbons (Fsp3) is 0.240. The minimum Gasteiger partial charge on any atom is -0.354 e. The number of non-ortho nitro benzene ring substituents is 1. The van der Waals surface area contributed by atoms with Gasteiger partial charge in [-0.25, -0.2) is 14.1 Å². The van der Waals surface area contributed by atoms with Gasteiger partial charge in [-0.1, -0.05) is 12.1 Å². The third kappa shape index (κ3) is 4.98. The molecule has 0 aliphatic carbocycles. The van der Waals surface area contributed by atoms with Crippen LogP contribution in [0.2, 0.25) is 0 Å². The molecule has 1 N–H and O–H groups in total. The third-order valence-corrected chi connectivity index (χ3v) is 6.38. The van der Waals surface area contributed by atoms with Gasteiger partial charge in [0.2, 0.25) is 11.8 Å². The molecule has 1 aliphatic heterocycles. The Morgan fingerprint density at radius 3 is 2.58 bits per heavy atom. The number of hydrogen-bond donors (Lipinski definition) is 1. The van der Waals surface area contributed by atoms with Crippen molar-refractivity contribution in [1.29, 1.82) is 0 Å². The lowest BCUT2D eigenvalue weighted by molar-refractivity contribution is -0.384. The molecule has 1 atom stereocenters. The van der Waals surface area contributed by atoms with Crippen LogP contribution in [-0.2, 0) is 22.7 Å². The van der Waals surface area contributed by atoms with E-state index in [0.29, 0.717) is 22.3 Å². The largest absolute Gasteiger partial charge is 0.354 e. The van der Waals surface area contributed by atoms with Crippen LogP contribution in [0.15, 0.2) is 65.8 Å². The number of aromatic nitrogens is 4. The van der Waals surface area contributed by atoms with Gasteiger partial charge in [0, 0.05) is 37.3 Å². The first-order chi connectivity index (χ1) is 18.3. The van der Waals surface area contributed by atoms with Crippen LogP contribution in [0.4, 0.5) is 15.8 Å². The average molecular weight is 519 g/mol. The quantitative estimate of drug-likeness (QED) is 0.276. The highest BCUT2D eigenvalue weighted by atomic mass is 19.1. The number of anilines is 1. The second-order valence-corrected chi connectivity index (χ2v) is 8.88. The smallest absolute Gasteiger partial charge is 0.269 e. The number of hydrogen-bond acceptors (Lipinski definition) is 7. The number of rotatable bonds is 8. The number of nitrogens with one attached hydrogen (secondary N) is 1. The Kier molecular flexibility index (Phi) is 6.64. The van der Waals surface area contributed by atoms with Crippen molar-refractivity contribution in [3.63, 3.8) is 0 Å². The van der Waals surface area contributed by atoms with Crippen molar-refractivity contribution in [3.8, 4) is 0 Å². The topological polar surface area (TPSA) is 145 Å². The normalized spacial score (nSPS) is 15.2. The summed E-state index contributed by atoms with van der Waals surface area (Å²) in [4.78, 5) is 54.1. The van der Waals surface area contributed by atoms with E-state index in [1.54, 1.807) is 12.1 Å². The maximum Gasteiger partial charge on any atom is 0.269 e. The highest BCUT2D eigenvalue weighted by Crippen LogP contribution is 2.25. The zero-order chi connectivity index (χ0) is 26.8. The number of nitro benzene ring substituents is 1. The Morgan fingerprint density at radius 1 is 1.13 bits per heavy atom. The van der Waals surface area contributed by atoms with Crippen LogP contribution < -0.4 is 15.8 Å². The molecule has 4 aromatic rings. The minimum absolute atomic E-state index is 0.0345. The van der Waals surface area contributed by atoms with E-state index in [1.165, 1.54) is 63.1 Å². The van der Waals surface area contributed by atoms with Crippen LogP contribution in [0, 0.1) is 21.8 Å². The lowest BCUT2D eigenvalue weighted by atomic mass is 10.1. The summed E-state index contributed by atoms with van der Waals surface area (Å²) in [5, 5.41) is 18.2. The second-order valence-electron chi connectivity index (χ2n) is 8.88. The summed E-state index contributed by atoms with van der Waals surface area (Å²) in [5.41, 5.74) is 1.27. The minimum atomic E-state index is -0.535. The molecule has 13 heteroatoms. The lowest BCUT2D eigenvalue weighted by Gasteiger charge is -2.16. The summed E-state index contributed by atoms with van der Waals surface area (Å²) in [6.07, 6.45) is 2.86. The van der Waals surface area contributed by atoms with Crippen molar-refractivity contribution in [3.05, 3.63) is 92.9 Å². The van der Waals surface area contributed by atoms with Gasteiger partial charge in [0.15, 0.2) is 5.65 Å². The molecule has 1 saturated heterocycles. The number of nitro groups is 1. The highest BCUT2D eigenvalue weighted by molar-refractivity contribution is 6.00. The van der Waals surface area contributed by atoms with Crippen LogP contribution >= 0.6 is 0 Å². The summed E-state index contributed by atoms with van der Waals surface area (Å²) in [6.45, 7) is 0.869. The summed E-state index contributed by atoms with van der Waals surface area (Å²) in [5.74, 6) is -1.42. The van der Waals surface area contributed by atoms with Gasteiger partial charge in [-0.2, -0.15) is 5.10 Å². The van der Waals surface area contributed by atoms with Crippen LogP contribution in [0.25, 0.3) is 11.0 Å². The molecule has 0 saturated carbocycles. The van der Waals surface area contributed by atoms with Crippen molar-refractivity contribution < 1.29 is 18.9 Å². The maximum atomic E-state index is 13.2. The summed E-state index contributed by atoms with van der Waals surface area (Å²) < 4.78 is 16.1. The standard InChI is InChI=1S/C25H22FN7O5/c26-18-3-7-19(8-4-18)31-14-17(11-22(31)34)24(35)27-9-10-32-23-21(12-29-32)25(36)30(15-28-23)13-16-1-5-20(6-2-16)33(37)38/h1-8,12,15,17H,9-11,13-14H2,(H,27,35). The van der Waals surface area contributed by atoms with E-state index in [0.717, 1.165) is 0 Å². The van der Waals surface area contributed by atoms with Gasteiger partial charge in [-0.15, -0.1) is 0 Å². The Labute approximate surface area is 214 Å². The molecule has 1 fully saturated rings. The fourth-order valence-electron chi connectivity index (χ4n) is 4.38. The first kappa shape index (κ1) is 24.7. The van der Waals surface area contributed by atoms with Crippen LogP contribution in [-0.4, -0.2) is 49.2 Å². The van der Waals surface area contributed by atoms with Crippen molar-refractivity contribution in [1.82, 2.24) is 24.6 Å². The van der Waals surface area contributed by atoms with Gasteiger partial charge in [0.25, 0.3) is 11.2 Å². The Bertz CT molecular complexity index is 1580. The number of amides is 2. The molecule has 1 unspecified atom stereocenters. The SMILES string of the molecule is O=C(NCCn1ncc2c(=O)n(Cc3ccc([N+](=O)[O-])cc3)cnc21)C1CC(=O)N(c2ccc(F)cc2)C1. The Balaban J connectivity index is 1.19. The number of benzene rings is 2. The molecule has 2 aromatic carbocycles. The molecule has 1 aliphatic rings. The Hall–Kier alpha value is -4.94. The molecule has 0 bridgehead atoms. The molecule has 5 rings (SSSR count). The Morgan fingerprint density at radius 2 is 1.87 bits per heavy atom. The maximum absolute atomic E-state index is 13.2. The summed E-state index contributed by atoms with van der Waals surface area (Å²) in [7, 11) is 0. The van der Waals surface area contributed by atoms with Gasteiger partial charge in [0.1, 0.15) is 17.5 Å². The number of fused-ring (bicyclic) bond motifs is 1. The molecule has 194 valence electrons. The van der Waals surface area contributed by atoms with Crippen LogP contribution in [0.3, 0.4) is 0 Å². The molecule has 2 aromatic heterocycles. The average Bonchev–Trinajstić information content (AvgIpc) is 3.50. The number of nitrogens with zero attached hydrogens (tertiary/aromatic N) is 6. The first-order valence-electron chi connectivity index (χ1n) is 11.8. The number of carbonyl (C=O) groups excluding carboxylic acids is 2. The predicted octanol–water partition coefficient (Wildman–Crippen LogP) is 1.86. The van der Waals surface area contributed by atoms with Crippen molar-refractivity contribution >= 4 is 34.2 Å². The van der Waals surface area contributed by atoms with Gasteiger partial charge in [-0.05, 0) is 29.8 Å². The summed E-state index contributed by atoms with van der Waals surface area (Å²) in [6, 6.07) is 11.5. The zero-order valence-corrected chi connectivity index (χ0v) is 20.0. The van der Waals surface area contributed by atoms with E-state index in [-0.39, 0.29) is 55.7 Å². The van der Waals surface area contributed by atoms with E-state index >= 15 is 0 Å². The fourth-order valence-corrected chi connectivity index (χ4v) is 4.38. The zero-order valence-electron chi connectivity index (χ0n) is 20.0. The van der Waals surface area contributed by atoms with Gasteiger partial charge >= 0.3 is 0 Å². The molecule has 0 radical (unpaired) electrons. The number of carbonyl (C=O) groups is 2. The molecule has 3 heterocycles. The molecule has 2 amide bonds. The van der Waals surface area contributed by atoms with E-state index in [9.17, 15) is 28.9 Å². The van der Waals surface area contributed by atoms with Crippen LogP contribution in [0.5, 0.6) is 0 Å². The van der Waals surface area contributed by atoms with Gasteiger partial charge in [0.05, 0.1) is 30.1 Å². The van der Waals surface area contributed by atoms with E-state index < -0.39 is 16.7 Å². The third-order valence-electron chi connectivity index (χ3n) is 6.38. The molecule has 12 nitrogen and oxygen atoms in total. The highest BCUT2D eigenvalue weighted by Gasteiger charge is 2.35.